The van der Waals surface area contributed by atoms with E-state index < -0.39 is 17.9 Å². The molecule has 8 nitrogen and oxygen atoms in total. The maximum absolute atomic E-state index is 13.0. The second-order valence-corrected chi connectivity index (χ2v) is 8.24. The van der Waals surface area contributed by atoms with Gasteiger partial charge in [0.2, 0.25) is 0 Å². The summed E-state index contributed by atoms with van der Waals surface area (Å²) in [6.07, 6.45) is 1.80. The first-order valence-corrected chi connectivity index (χ1v) is 11.1. The Bertz CT molecular complexity index is 1120. The van der Waals surface area contributed by atoms with Crippen LogP contribution in [0.15, 0.2) is 53.1 Å². The van der Waals surface area contributed by atoms with Crippen LogP contribution in [0, 0.1) is 0 Å². The van der Waals surface area contributed by atoms with Crippen molar-refractivity contribution in [2.45, 2.75) is 25.9 Å². The van der Waals surface area contributed by atoms with E-state index in [1.165, 1.54) is 0 Å². The minimum absolute atomic E-state index is 0.0401. The van der Waals surface area contributed by atoms with Crippen LogP contribution in [0.3, 0.4) is 0 Å². The third-order valence-electron chi connectivity index (χ3n) is 4.84. The minimum atomic E-state index is -1.01. The Morgan fingerprint density at radius 3 is 2.72 bits per heavy atom. The smallest absolute Gasteiger partial charge is 0.333 e. The number of esters is 1. The molecule has 3 aromatic rings. The Morgan fingerprint density at radius 1 is 1.25 bits per heavy atom. The summed E-state index contributed by atoms with van der Waals surface area (Å²) in [5, 5.41) is 14.6. The molecule has 3 rings (SSSR count). The number of amides is 1. The summed E-state index contributed by atoms with van der Waals surface area (Å²) in [5.41, 5.74) is 2.32. The van der Waals surface area contributed by atoms with Gasteiger partial charge in [-0.1, -0.05) is 28.9 Å². The van der Waals surface area contributed by atoms with Gasteiger partial charge in [-0.15, -0.1) is 5.10 Å². The molecular weight excluding hydrogens is 498 g/mol. The number of ether oxygens (including phenoxy) is 1. The monoisotopic (exact) mass is 519 g/mol. The van der Waals surface area contributed by atoms with Gasteiger partial charge in [-0.05, 0) is 72.7 Å². The third kappa shape index (κ3) is 5.53. The largest absolute Gasteiger partial charge is 0.464 e. The summed E-state index contributed by atoms with van der Waals surface area (Å²) < 4.78 is 7.44. The molecule has 0 saturated heterocycles. The van der Waals surface area contributed by atoms with Crippen LogP contribution in [0.4, 0.5) is 0 Å². The number of hydrogen-bond acceptors (Lipinski definition) is 6. The number of carbonyl (C=O) groups excluding carboxylic acids is 2. The highest BCUT2D eigenvalue weighted by molar-refractivity contribution is 9.10. The number of nitrogens with one attached hydrogen (secondary N) is 2. The molecule has 0 spiro atoms. The molecule has 32 heavy (non-hydrogen) atoms. The predicted octanol–water partition coefficient (Wildman–Crippen LogP) is 4.00. The van der Waals surface area contributed by atoms with Gasteiger partial charge in [0.1, 0.15) is 0 Å². The van der Waals surface area contributed by atoms with Crippen molar-refractivity contribution in [3.63, 3.8) is 0 Å². The minimum Gasteiger partial charge on any atom is -0.464 e. The number of carbonyl (C=O) groups is 2. The molecule has 0 fully saturated rings. The Morgan fingerprint density at radius 2 is 2.03 bits per heavy atom. The van der Waals surface area contributed by atoms with Crippen molar-refractivity contribution in [1.82, 2.24) is 25.6 Å². The van der Waals surface area contributed by atoms with Gasteiger partial charge in [0.05, 0.1) is 29.2 Å². The Kier molecular flexibility index (Phi) is 8.00. The number of hydrogen-bond donors (Lipinski definition) is 2. The molecule has 1 amide bonds. The zero-order chi connectivity index (χ0) is 23.3. The van der Waals surface area contributed by atoms with Crippen LogP contribution in [0.1, 0.15) is 47.5 Å². The van der Waals surface area contributed by atoms with Gasteiger partial charge in [-0.25, -0.2) is 9.48 Å². The van der Waals surface area contributed by atoms with E-state index in [0.29, 0.717) is 26.3 Å². The molecule has 2 atom stereocenters. The first kappa shape index (κ1) is 23.9. The lowest BCUT2D eigenvalue weighted by Gasteiger charge is -2.18. The average molecular weight is 521 g/mol. The number of benzene rings is 2. The van der Waals surface area contributed by atoms with Crippen LogP contribution < -0.4 is 10.6 Å². The van der Waals surface area contributed by atoms with E-state index in [1.54, 1.807) is 54.2 Å². The van der Waals surface area contributed by atoms with Crippen molar-refractivity contribution >= 4 is 39.4 Å². The molecule has 0 saturated carbocycles. The van der Waals surface area contributed by atoms with Crippen LogP contribution >= 0.6 is 27.5 Å². The Labute approximate surface area is 199 Å². The van der Waals surface area contributed by atoms with E-state index in [4.69, 9.17) is 16.3 Å². The molecule has 0 aliphatic rings. The molecule has 2 aromatic carbocycles. The second-order valence-electron chi connectivity index (χ2n) is 6.98. The average Bonchev–Trinajstić information content (AvgIpc) is 3.29. The van der Waals surface area contributed by atoms with Crippen molar-refractivity contribution in [3.8, 4) is 5.69 Å². The molecule has 1 aromatic heterocycles. The number of nitrogens with zero attached hydrogens (tertiary/aromatic N) is 3. The SMILES string of the molecule is CCOC(=O)C(NC(=O)c1cccc(-n2cc(C(C)NC)nn2)c1)c1ccc(Br)c(Cl)c1. The number of aromatic nitrogens is 3. The van der Waals surface area contributed by atoms with Crippen LogP contribution in [0.2, 0.25) is 5.02 Å². The standard InChI is InChI=1S/C22H23BrClN5O3/c1-4-32-22(31)20(14-8-9-17(23)18(24)11-14)26-21(30)15-6-5-7-16(10-15)29-12-19(27-28-29)13(2)25-3/h5-13,20,25H,4H2,1-3H3,(H,26,30). The van der Waals surface area contributed by atoms with Crippen molar-refractivity contribution in [2.24, 2.45) is 0 Å². The summed E-state index contributed by atoms with van der Waals surface area (Å²) in [7, 11) is 1.84. The molecule has 2 unspecified atom stereocenters. The molecule has 10 heteroatoms. The zero-order valence-electron chi connectivity index (χ0n) is 17.8. The van der Waals surface area contributed by atoms with Crippen molar-refractivity contribution in [1.29, 1.82) is 0 Å². The van der Waals surface area contributed by atoms with Crippen LogP contribution in [0.5, 0.6) is 0 Å². The van der Waals surface area contributed by atoms with E-state index >= 15 is 0 Å². The van der Waals surface area contributed by atoms with Gasteiger partial charge >= 0.3 is 5.97 Å². The van der Waals surface area contributed by atoms with E-state index in [0.717, 1.165) is 5.69 Å². The highest BCUT2D eigenvalue weighted by Gasteiger charge is 2.25. The van der Waals surface area contributed by atoms with E-state index in [-0.39, 0.29) is 12.6 Å². The zero-order valence-corrected chi connectivity index (χ0v) is 20.1. The topological polar surface area (TPSA) is 98.1 Å². The van der Waals surface area contributed by atoms with Crippen LogP contribution in [-0.4, -0.2) is 40.5 Å². The first-order valence-electron chi connectivity index (χ1n) is 9.96. The second kappa shape index (κ2) is 10.7. The van der Waals surface area contributed by atoms with Gasteiger partial charge in [-0.2, -0.15) is 0 Å². The normalized spacial score (nSPS) is 12.8. The summed E-state index contributed by atoms with van der Waals surface area (Å²) >= 11 is 9.51. The lowest BCUT2D eigenvalue weighted by Crippen LogP contribution is -2.35. The molecule has 0 aliphatic carbocycles. The molecule has 0 aliphatic heterocycles. The van der Waals surface area contributed by atoms with E-state index in [1.807, 2.05) is 20.0 Å². The number of halogens is 2. The quantitative estimate of drug-likeness (QED) is 0.436. The number of rotatable bonds is 8. The molecule has 0 bridgehead atoms. The van der Waals surface area contributed by atoms with E-state index in [2.05, 4.69) is 36.9 Å². The van der Waals surface area contributed by atoms with Gasteiger partial charge < -0.3 is 15.4 Å². The lowest BCUT2D eigenvalue weighted by atomic mass is 10.1. The van der Waals surface area contributed by atoms with Crippen molar-refractivity contribution in [2.75, 3.05) is 13.7 Å². The summed E-state index contributed by atoms with van der Waals surface area (Å²) in [5.74, 6) is -1.01. The highest BCUT2D eigenvalue weighted by Crippen LogP contribution is 2.27. The van der Waals surface area contributed by atoms with Crippen molar-refractivity contribution < 1.29 is 14.3 Å². The summed E-state index contributed by atoms with van der Waals surface area (Å²) in [4.78, 5) is 25.6. The maximum atomic E-state index is 13.0. The highest BCUT2D eigenvalue weighted by atomic mass is 79.9. The fraction of sp³-hybridized carbons (Fsp3) is 0.273. The molecule has 168 valence electrons. The van der Waals surface area contributed by atoms with Crippen LogP contribution in [-0.2, 0) is 9.53 Å². The maximum Gasteiger partial charge on any atom is 0.333 e. The first-order chi connectivity index (χ1) is 15.3. The Balaban J connectivity index is 1.86. The van der Waals surface area contributed by atoms with Gasteiger partial charge in [0.25, 0.3) is 5.91 Å². The van der Waals surface area contributed by atoms with Gasteiger partial charge in [0, 0.05) is 16.1 Å². The molecule has 2 N–H and O–H groups in total. The van der Waals surface area contributed by atoms with Gasteiger partial charge in [-0.3, -0.25) is 4.79 Å². The molecular formula is C22H23BrClN5O3. The van der Waals surface area contributed by atoms with Gasteiger partial charge in [0.15, 0.2) is 6.04 Å². The molecule has 0 radical (unpaired) electrons. The van der Waals surface area contributed by atoms with Crippen molar-refractivity contribution in [3.05, 3.63) is 75.0 Å². The van der Waals surface area contributed by atoms with Crippen LogP contribution in [0.25, 0.3) is 5.69 Å². The predicted molar refractivity (Wildman–Crippen MR) is 125 cm³/mol. The fourth-order valence-corrected chi connectivity index (χ4v) is 3.38. The lowest BCUT2D eigenvalue weighted by molar-refractivity contribution is -0.145. The summed E-state index contributed by atoms with van der Waals surface area (Å²) in [6, 6.07) is 10.9. The third-order valence-corrected chi connectivity index (χ3v) is 6.07. The molecule has 1 heterocycles. The Hall–Kier alpha value is -2.75. The fourth-order valence-electron chi connectivity index (χ4n) is 2.95. The summed E-state index contributed by atoms with van der Waals surface area (Å²) in [6.45, 7) is 3.86. The van der Waals surface area contributed by atoms with E-state index in [9.17, 15) is 9.59 Å².